The molecule has 1 aromatic carbocycles. The van der Waals surface area contributed by atoms with Crippen molar-refractivity contribution in [2.75, 3.05) is 13.1 Å². The molecule has 1 fully saturated rings. The normalized spacial score (nSPS) is 21.0. The molecule has 0 radical (unpaired) electrons. The van der Waals surface area contributed by atoms with Crippen LogP contribution in [-0.2, 0) is 4.79 Å². The summed E-state index contributed by atoms with van der Waals surface area (Å²) in [4.78, 5) is 25.4. The lowest BCUT2D eigenvalue weighted by atomic mass is 9.89. The number of benzene rings is 1. The largest absolute Gasteiger partial charge is 0.481 e. The number of amides is 1. The van der Waals surface area contributed by atoms with E-state index in [1.807, 2.05) is 30.3 Å². The molecule has 1 saturated heterocycles. The van der Waals surface area contributed by atoms with Gasteiger partial charge in [0.05, 0.1) is 5.92 Å². The molecular formula is C16H14ClNO4. The first-order valence-electron chi connectivity index (χ1n) is 6.88. The number of hydrogen-bond acceptors (Lipinski definition) is 3. The Morgan fingerprint density at radius 1 is 1.14 bits per heavy atom. The molecule has 0 bridgehead atoms. The number of aliphatic carboxylic acids is 1. The fourth-order valence-corrected chi connectivity index (χ4v) is 2.99. The number of carboxylic acids is 1. The molecule has 2 unspecified atom stereocenters. The Morgan fingerprint density at radius 3 is 2.45 bits per heavy atom. The molecule has 3 rings (SSSR count). The highest BCUT2D eigenvalue weighted by Gasteiger charge is 2.41. The zero-order valence-electron chi connectivity index (χ0n) is 11.6. The molecule has 2 atom stereocenters. The van der Waals surface area contributed by atoms with Crippen LogP contribution in [0.1, 0.15) is 22.0 Å². The number of halogens is 1. The number of carboxylic acid groups (broad SMARTS) is 1. The summed E-state index contributed by atoms with van der Waals surface area (Å²) in [6.45, 7) is 0.504. The fraction of sp³-hybridized carbons (Fsp3) is 0.250. The third-order valence-electron chi connectivity index (χ3n) is 3.94. The van der Waals surface area contributed by atoms with Crippen molar-refractivity contribution in [1.82, 2.24) is 4.90 Å². The van der Waals surface area contributed by atoms with E-state index in [-0.39, 0.29) is 29.3 Å². The summed E-state index contributed by atoms with van der Waals surface area (Å²) >= 11 is 5.68. The number of nitrogens with zero attached hydrogens (tertiary/aromatic N) is 1. The molecular weight excluding hydrogens is 306 g/mol. The standard InChI is InChI=1S/C16H14ClNO4/c17-14-7-6-13(22-14)15(19)18-8-11(12(9-18)16(20)21)10-4-2-1-3-5-10/h1-7,11-12H,8-9H2,(H,20,21). The maximum Gasteiger partial charge on any atom is 0.308 e. The van der Waals surface area contributed by atoms with Crippen LogP contribution in [0.15, 0.2) is 46.9 Å². The molecule has 1 N–H and O–H groups in total. The second kappa shape index (κ2) is 5.85. The summed E-state index contributed by atoms with van der Waals surface area (Å²) in [6.07, 6.45) is 0. The van der Waals surface area contributed by atoms with Crippen LogP contribution in [0.5, 0.6) is 0 Å². The lowest BCUT2D eigenvalue weighted by Gasteiger charge is -2.15. The van der Waals surface area contributed by atoms with E-state index in [4.69, 9.17) is 16.0 Å². The second-order valence-electron chi connectivity index (χ2n) is 5.28. The van der Waals surface area contributed by atoms with Gasteiger partial charge < -0.3 is 14.4 Å². The molecule has 1 aromatic heterocycles. The number of rotatable bonds is 3. The zero-order chi connectivity index (χ0) is 15.7. The maximum absolute atomic E-state index is 12.4. The summed E-state index contributed by atoms with van der Waals surface area (Å²) in [7, 11) is 0. The molecule has 5 nitrogen and oxygen atoms in total. The number of likely N-dealkylation sites (tertiary alicyclic amines) is 1. The predicted molar refractivity (Wildman–Crippen MR) is 79.9 cm³/mol. The van der Waals surface area contributed by atoms with Gasteiger partial charge in [0.1, 0.15) is 0 Å². The molecule has 6 heteroatoms. The molecule has 0 aliphatic carbocycles. The van der Waals surface area contributed by atoms with E-state index >= 15 is 0 Å². The van der Waals surface area contributed by atoms with E-state index in [0.29, 0.717) is 6.54 Å². The van der Waals surface area contributed by atoms with Crippen LogP contribution in [0.4, 0.5) is 0 Å². The predicted octanol–water partition coefficient (Wildman–Crippen LogP) is 2.87. The van der Waals surface area contributed by atoms with E-state index in [0.717, 1.165) is 5.56 Å². The molecule has 1 amide bonds. The highest BCUT2D eigenvalue weighted by Crippen LogP contribution is 2.33. The Labute approximate surface area is 132 Å². The van der Waals surface area contributed by atoms with Gasteiger partial charge in [0, 0.05) is 19.0 Å². The van der Waals surface area contributed by atoms with Crippen LogP contribution in [0, 0.1) is 5.92 Å². The minimum absolute atomic E-state index is 0.128. The Kier molecular flexibility index (Phi) is 3.90. The maximum atomic E-state index is 12.4. The summed E-state index contributed by atoms with van der Waals surface area (Å²) in [5.41, 5.74) is 0.919. The summed E-state index contributed by atoms with van der Waals surface area (Å²) in [6, 6.07) is 12.4. The molecule has 22 heavy (non-hydrogen) atoms. The number of hydrogen-bond donors (Lipinski definition) is 1. The molecule has 114 valence electrons. The summed E-state index contributed by atoms with van der Waals surface area (Å²) in [5.74, 6) is -1.97. The molecule has 2 heterocycles. The van der Waals surface area contributed by atoms with E-state index in [1.54, 1.807) is 0 Å². The lowest BCUT2D eigenvalue weighted by Crippen LogP contribution is -2.29. The fourth-order valence-electron chi connectivity index (χ4n) is 2.84. The lowest BCUT2D eigenvalue weighted by molar-refractivity contribution is -0.141. The highest BCUT2D eigenvalue weighted by atomic mass is 35.5. The average Bonchev–Trinajstić information content (AvgIpc) is 3.14. The van der Waals surface area contributed by atoms with Crippen LogP contribution in [0.2, 0.25) is 5.22 Å². The van der Waals surface area contributed by atoms with Crippen molar-refractivity contribution in [2.24, 2.45) is 5.92 Å². The van der Waals surface area contributed by atoms with Gasteiger partial charge in [-0.05, 0) is 29.3 Å². The highest BCUT2D eigenvalue weighted by molar-refractivity contribution is 6.29. The van der Waals surface area contributed by atoms with Crippen molar-refractivity contribution in [3.8, 4) is 0 Å². The van der Waals surface area contributed by atoms with Crippen LogP contribution >= 0.6 is 11.6 Å². The minimum Gasteiger partial charge on any atom is -0.481 e. The van der Waals surface area contributed by atoms with Gasteiger partial charge in [-0.15, -0.1) is 0 Å². The summed E-state index contributed by atoms with van der Waals surface area (Å²) in [5, 5.41) is 9.57. The summed E-state index contributed by atoms with van der Waals surface area (Å²) < 4.78 is 5.12. The molecule has 1 aliphatic rings. The SMILES string of the molecule is O=C(O)C1CN(C(=O)c2ccc(Cl)o2)CC1c1ccccc1. The van der Waals surface area contributed by atoms with Crippen molar-refractivity contribution in [1.29, 1.82) is 0 Å². The van der Waals surface area contributed by atoms with Crippen LogP contribution in [-0.4, -0.2) is 35.0 Å². The molecule has 1 aliphatic heterocycles. The van der Waals surface area contributed by atoms with Gasteiger partial charge >= 0.3 is 5.97 Å². The van der Waals surface area contributed by atoms with Crippen molar-refractivity contribution < 1.29 is 19.1 Å². The van der Waals surface area contributed by atoms with Gasteiger partial charge in [-0.3, -0.25) is 9.59 Å². The van der Waals surface area contributed by atoms with Crippen LogP contribution in [0.25, 0.3) is 0 Å². The Hall–Kier alpha value is -2.27. The third kappa shape index (κ3) is 2.72. The topological polar surface area (TPSA) is 70.8 Å². The van der Waals surface area contributed by atoms with Crippen LogP contribution in [0.3, 0.4) is 0 Å². The van der Waals surface area contributed by atoms with Gasteiger partial charge in [-0.25, -0.2) is 0 Å². The first-order valence-corrected chi connectivity index (χ1v) is 7.26. The van der Waals surface area contributed by atoms with Crippen molar-refractivity contribution >= 4 is 23.5 Å². The first kappa shape index (κ1) is 14.7. The zero-order valence-corrected chi connectivity index (χ0v) is 12.4. The van der Waals surface area contributed by atoms with Crippen molar-refractivity contribution in [2.45, 2.75) is 5.92 Å². The third-order valence-corrected chi connectivity index (χ3v) is 4.14. The van der Waals surface area contributed by atoms with Gasteiger partial charge in [-0.1, -0.05) is 30.3 Å². The Morgan fingerprint density at radius 2 is 1.86 bits per heavy atom. The van der Waals surface area contributed by atoms with Gasteiger partial charge in [0.25, 0.3) is 5.91 Å². The number of carbonyl (C=O) groups excluding carboxylic acids is 1. The van der Waals surface area contributed by atoms with Gasteiger partial charge in [0.15, 0.2) is 11.0 Å². The monoisotopic (exact) mass is 319 g/mol. The molecule has 2 aromatic rings. The van der Waals surface area contributed by atoms with E-state index in [9.17, 15) is 14.7 Å². The van der Waals surface area contributed by atoms with Crippen molar-refractivity contribution in [3.63, 3.8) is 0 Å². The molecule has 0 spiro atoms. The van der Waals surface area contributed by atoms with Gasteiger partial charge in [-0.2, -0.15) is 0 Å². The average molecular weight is 320 g/mol. The van der Waals surface area contributed by atoms with E-state index < -0.39 is 11.9 Å². The number of furan rings is 1. The number of carbonyl (C=O) groups is 2. The Bertz CT molecular complexity index is 697. The molecule has 0 saturated carbocycles. The minimum atomic E-state index is -0.901. The first-order chi connectivity index (χ1) is 10.6. The van der Waals surface area contributed by atoms with Crippen molar-refractivity contribution in [3.05, 3.63) is 59.0 Å². The second-order valence-corrected chi connectivity index (χ2v) is 5.65. The van der Waals surface area contributed by atoms with E-state index in [2.05, 4.69) is 0 Å². The quantitative estimate of drug-likeness (QED) is 0.944. The smallest absolute Gasteiger partial charge is 0.308 e. The van der Waals surface area contributed by atoms with E-state index in [1.165, 1.54) is 17.0 Å². The Balaban J connectivity index is 1.84. The van der Waals surface area contributed by atoms with Gasteiger partial charge in [0.2, 0.25) is 0 Å². The van der Waals surface area contributed by atoms with Crippen LogP contribution < -0.4 is 0 Å².